The van der Waals surface area contributed by atoms with Gasteiger partial charge in [0, 0.05) is 0 Å². The van der Waals surface area contributed by atoms with Crippen molar-refractivity contribution in [1.82, 2.24) is 0 Å². The first-order chi connectivity index (χ1) is 8.63. The molecule has 1 saturated heterocycles. The Bertz CT molecular complexity index is 372. The van der Waals surface area contributed by atoms with Gasteiger partial charge in [0.15, 0.2) is 0 Å². The van der Waals surface area contributed by atoms with Crippen LogP contribution in [-0.2, 0) is 4.74 Å². The quantitative estimate of drug-likeness (QED) is 0.476. The predicted octanol–water partition coefficient (Wildman–Crippen LogP) is -2.18. The topological polar surface area (TPSA) is 90.2 Å². The zero-order chi connectivity index (χ0) is 13.1. The third-order valence-corrected chi connectivity index (χ3v) is 5.29. The molecule has 1 aliphatic rings. The summed E-state index contributed by atoms with van der Waals surface area (Å²) in [6, 6.07) is 9.51. The van der Waals surface area contributed by atoms with Crippen LogP contribution in [0.4, 0.5) is 0 Å². The number of aliphatic hydroxyl groups is 4. The van der Waals surface area contributed by atoms with Gasteiger partial charge in [0.1, 0.15) is 0 Å². The van der Waals surface area contributed by atoms with E-state index >= 15 is 0 Å². The number of rotatable bonds is 3. The molecule has 0 amide bonds. The molecule has 5 atom stereocenters. The van der Waals surface area contributed by atoms with Crippen molar-refractivity contribution in [2.45, 2.75) is 29.4 Å². The van der Waals surface area contributed by atoms with Crippen molar-refractivity contribution in [2.24, 2.45) is 0 Å². The number of hydrogen-bond donors (Lipinski definition) is 4. The predicted molar refractivity (Wildman–Crippen MR) is 65.6 cm³/mol. The molecule has 18 heavy (non-hydrogen) atoms. The van der Waals surface area contributed by atoms with Crippen molar-refractivity contribution >= 4 is 19.4 Å². The van der Waals surface area contributed by atoms with Crippen LogP contribution in [0.25, 0.3) is 0 Å². The van der Waals surface area contributed by atoms with Gasteiger partial charge in [-0.1, -0.05) is 0 Å². The standard InChI is InChI=1S/C12H16O5Se/c13-6-8-9(14)10(15)11(16)12(17-8)18-7-4-2-1-3-5-7/h1-5,8-16H,6H2/t8-,9-,10+,11+,12-/m1/s1. The molecule has 1 fully saturated rings. The third kappa shape index (κ3) is 2.92. The van der Waals surface area contributed by atoms with Crippen LogP contribution < -0.4 is 4.46 Å². The summed E-state index contributed by atoms with van der Waals surface area (Å²) in [5, 5.41) is 37.7. The van der Waals surface area contributed by atoms with E-state index in [1.807, 2.05) is 30.3 Å². The second-order valence-electron chi connectivity index (χ2n) is 4.13. The Morgan fingerprint density at radius 3 is 2.28 bits per heavy atom. The molecule has 0 aliphatic carbocycles. The third-order valence-electron chi connectivity index (χ3n) is 2.84. The van der Waals surface area contributed by atoms with E-state index < -0.39 is 29.4 Å². The van der Waals surface area contributed by atoms with E-state index in [2.05, 4.69) is 0 Å². The molecule has 0 saturated carbocycles. The molecule has 0 spiro atoms. The average molecular weight is 319 g/mol. The van der Waals surface area contributed by atoms with Gasteiger partial charge >= 0.3 is 111 Å². The monoisotopic (exact) mass is 320 g/mol. The first-order valence-electron chi connectivity index (χ1n) is 5.65. The van der Waals surface area contributed by atoms with Gasteiger partial charge in [-0.3, -0.25) is 0 Å². The van der Waals surface area contributed by atoms with Gasteiger partial charge in [0.2, 0.25) is 0 Å². The Hall–Kier alpha value is -0.461. The summed E-state index contributed by atoms with van der Waals surface area (Å²) in [5.74, 6) is 0. The van der Waals surface area contributed by atoms with Crippen molar-refractivity contribution in [2.75, 3.05) is 6.61 Å². The van der Waals surface area contributed by atoms with E-state index in [0.29, 0.717) is 0 Å². The molecule has 6 heteroatoms. The van der Waals surface area contributed by atoms with Crippen molar-refractivity contribution in [3.05, 3.63) is 30.3 Å². The van der Waals surface area contributed by atoms with Crippen LogP contribution in [-0.4, -0.2) is 71.4 Å². The van der Waals surface area contributed by atoms with Crippen molar-refractivity contribution < 1.29 is 25.2 Å². The fourth-order valence-corrected chi connectivity index (χ4v) is 4.07. The Labute approximate surface area is 111 Å². The second-order valence-corrected chi connectivity index (χ2v) is 6.59. The zero-order valence-corrected chi connectivity index (χ0v) is 11.3. The zero-order valence-electron chi connectivity index (χ0n) is 9.59. The first kappa shape index (κ1) is 14.0. The molecule has 1 heterocycles. The fraction of sp³-hybridized carbons (Fsp3) is 0.500. The van der Waals surface area contributed by atoms with E-state index in [0.717, 1.165) is 4.46 Å². The summed E-state index contributed by atoms with van der Waals surface area (Å²) in [4.78, 5) is 0. The van der Waals surface area contributed by atoms with Crippen LogP contribution in [0.1, 0.15) is 0 Å². The second kappa shape index (κ2) is 6.12. The molecule has 2 rings (SSSR count). The SMILES string of the molecule is OC[C@H]1O[C@H]([Se]c2ccccc2)[C@@H](O)[C@@H](O)[C@@H]1O. The van der Waals surface area contributed by atoms with Gasteiger partial charge in [0.25, 0.3) is 0 Å². The molecule has 0 unspecified atom stereocenters. The Morgan fingerprint density at radius 2 is 1.67 bits per heavy atom. The molecule has 4 N–H and O–H groups in total. The molecule has 0 radical (unpaired) electrons. The van der Waals surface area contributed by atoms with E-state index in [-0.39, 0.29) is 21.6 Å². The minimum absolute atomic E-state index is 0.199. The van der Waals surface area contributed by atoms with Crippen LogP contribution in [0, 0.1) is 0 Å². The van der Waals surface area contributed by atoms with Gasteiger partial charge in [-0.25, -0.2) is 0 Å². The van der Waals surface area contributed by atoms with Gasteiger partial charge in [0.05, 0.1) is 0 Å². The molecular formula is C12H16O5Se. The molecular weight excluding hydrogens is 303 g/mol. The van der Waals surface area contributed by atoms with Gasteiger partial charge in [-0.15, -0.1) is 0 Å². The average Bonchev–Trinajstić information content (AvgIpc) is 2.40. The van der Waals surface area contributed by atoms with Crippen molar-refractivity contribution in [3.63, 3.8) is 0 Å². The molecule has 1 aromatic rings. The summed E-state index contributed by atoms with van der Waals surface area (Å²) >= 11 is -0.199. The molecule has 0 bridgehead atoms. The maximum atomic E-state index is 9.88. The molecule has 100 valence electrons. The number of aliphatic hydroxyl groups excluding tert-OH is 4. The van der Waals surface area contributed by atoms with E-state index in [1.165, 1.54) is 0 Å². The summed E-state index contributed by atoms with van der Waals surface area (Å²) in [7, 11) is 0. The van der Waals surface area contributed by atoms with Crippen LogP contribution >= 0.6 is 0 Å². The molecule has 1 aliphatic heterocycles. The fourth-order valence-electron chi connectivity index (χ4n) is 1.80. The summed E-state index contributed by atoms with van der Waals surface area (Å²) in [6.45, 7) is -0.383. The maximum absolute atomic E-state index is 9.88. The normalized spacial score (nSPS) is 36.6. The molecule has 0 aromatic heterocycles. The Morgan fingerprint density at radius 1 is 1.00 bits per heavy atom. The van der Waals surface area contributed by atoms with E-state index in [1.54, 1.807) is 0 Å². The van der Waals surface area contributed by atoms with Crippen LogP contribution in [0.2, 0.25) is 0 Å². The van der Waals surface area contributed by atoms with Crippen LogP contribution in [0.15, 0.2) is 30.3 Å². The minimum atomic E-state index is -1.29. The van der Waals surface area contributed by atoms with Gasteiger partial charge < -0.3 is 0 Å². The number of hydrogen-bond acceptors (Lipinski definition) is 5. The van der Waals surface area contributed by atoms with Crippen molar-refractivity contribution in [3.8, 4) is 0 Å². The van der Waals surface area contributed by atoms with Gasteiger partial charge in [-0.2, -0.15) is 0 Å². The molecule has 5 nitrogen and oxygen atoms in total. The first-order valence-corrected chi connectivity index (χ1v) is 7.50. The molecule has 1 aromatic carbocycles. The Kier molecular flexibility index (Phi) is 4.75. The van der Waals surface area contributed by atoms with Crippen molar-refractivity contribution in [1.29, 1.82) is 0 Å². The van der Waals surface area contributed by atoms with Gasteiger partial charge in [-0.05, 0) is 0 Å². The number of benzene rings is 1. The summed E-state index contributed by atoms with van der Waals surface area (Å²) in [5.41, 5.74) is 0. The Balaban J connectivity index is 2.08. The van der Waals surface area contributed by atoms with E-state index in [4.69, 9.17) is 9.84 Å². The van der Waals surface area contributed by atoms with Crippen LogP contribution in [0.5, 0.6) is 0 Å². The number of ether oxygens (including phenoxy) is 1. The summed E-state index contributed by atoms with van der Waals surface area (Å²) < 4.78 is 6.47. The van der Waals surface area contributed by atoms with E-state index in [9.17, 15) is 15.3 Å². The van der Waals surface area contributed by atoms with Crippen LogP contribution in [0.3, 0.4) is 0 Å². The summed E-state index contributed by atoms with van der Waals surface area (Å²) in [6.07, 6.45) is -4.53.